The van der Waals surface area contributed by atoms with E-state index in [0.717, 1.165) is 25.9 Å². The van der Waals surface area contributed by atoms with Gasteiger partial charge in [0.25, 0.3) is 0 Å². The maximum absolute atomic E-state index is 2.36. The van der Waals surface area contributed by atoms with E-state index in [1.807, 2.05) is 0 Å². The molecule has 3 aromatic carbocycles. The fraction of sp³-hybridized carbons (Fsp3) is 0.217. The van der Waals surface area contributed by atoms with Crippen molar-refractivity contribution in [1.82, 2.24) is 4.90 Å². The van der Waals surface area contributed by atoms with Crippen molar-refractivity contribution in [2.45, 2.75) is 19.4 Å². The number of benzene rings is 3. The van der Waals surface area contributed by atoms with E-state index >= 15 is 0 Å². The smallest absolute Gasteiger partial charge is 0.0240 e. The minimum absolute atomic E-state index is 0.977. The summed E-state index contributed by atoms with van der Waals surface area (Å²) in [5.74, 6) is 0. The van der Waals surface area contributed by atoms with Crippen LogP contribution in [0.2, 0.25) is 0 Å². The van der Waals surface area contributed by atoms with Crippen molar-refractivity contribution >= 4 is 10.8 Å². The van der Waals surface area contributed by atoms with Gasteiger partial charge in [0.2, 0.25) is 0 Å². The van der Waals surface area contributed by atoms with Crippen LogP contribution in [0.1, 0.15) is 17.5 Å². The van der Waals surface area contributed by atoms with Gasteiger partial charge < -0.3 is 0 Å². The maximum atomic E-state index is 2.36. The van der Waals surface area contributed by atoms with Crippen LogP contribution in [0.5, 0.6) is 0 Å². The molecule has 0 fully saturated rings. The van der Waals surface area contributed by atoms with E-state index in [1.165, 1.54) is 21.9 Å². The second-order valence-corrected chi connectivity index (χ2v) is 6.33. The van der Waals surface area contributed by atoms with Crippen molar-refractivity contribution in [2.24, 2.45) is 0 Å². The van der Waals surface area contributed by atoms with Crippen LogP contribution in [0.15, 0.2) is 84.9 Å². The lowest BCUT2D eigenvalue weighted by molar-refractivity contribution is 0.364. The van der Waals surface area contributed by atoms with Gasteiger partial charge in [-0.2, -0.15) is 0 Å². The molecule has 24 heavy (non-hydrogen) atoms. The topological polar surface area (TPSA) is 3.24 Å². The molecular weight excluding hydrogens is 290 g/mol. The molecule has 0 aliphatic heterocycles. The monoisotopic (exact) mass is 315 g/mol. The zero-order valence-electron chi connectivity index (χ0n) is 14.4. The lowest BCUT2D eigenvalue weighted by atomic mass is 10.0. The van der Waals surface area contributed by atoms with E-state index in [4.69, 9.17) is 0 Å². The van der Waals surface area contributed by atoms with Crippen LogP contribution in [0.3, 0.4) is 0 Å². The standard InChI is InChI=1S/C23H25N/c1-24(18-9-3-6-13-20-11-4-2-5-12-20)19-22-16-10-15-21-14-7-8-17-23(21)22/h2-5,7-12,14-17H,6,13,18-19H2,1H3/b9-3+. The minimum atomic E-state index is 0.977. The van der Waals surface area contributed by atoms with Crippen molar-refractivity contribution in [1.29, 1.82) is 0 Å². The molecule has 0 heterocycles. The van der Waals surface area contributed by atoms with Crippen LogP contribution >= 0.6 is 0 Å². The molecular formula is C23H25N. The summed E-state index contributed by atoms with van der Waals surface area (Å²) in [6.45, 7) is 1.96. The number of hydrogen-bond acceptors (Lipinski definition) is 1. The third kappa shape index (κ3) is 4.56. The van der Waals surface area contributed by atoms with Crippen molar-refractivity contribution in [2.75, 3.05) is 13.6 Å². The lowest BCUT2D eigenvalue weighted by Crippen LogP contribution is -2.17. The van der Waals surface area contributed by atoms with Crippen LogP contribution in [0, 0.1) is 0 Å². The van der Waals surface area contributed by atoms with Gasteiger partial charge in [0.1, 0.15) is 0 Å². The van der Waals surface area contributed by atoms with Crippen LogP contribution in [0.4, 0.5) is 0 Å². The van der Waals surface area contributed by atoms with Crippen molar-refractivity contribution < 1.29 is 0 Å². The Balaban J connectivity index is 1.50. The molecule has 0 radical (unpaired) electrons. The van der Waals surface area contributed by atoms with Gasteiger partial charge in [0.15, 0.2) is 0 Å². The van der Waals surface area contributed by atoms with Gasteiger partial charge in [0.05, 0.1) is 0 Å². The Morgan fingerprint density at radius 1 is 0.792 bits per heavy atom. The summed E-state index contributed by atoms with van der Waals surface area (Å²) in [4.78, 5) is 2.36. The van der Waals surface area contributed by atoms with Crippen LogP contribution in [-0.2, 0) is 13.0 Å². The molecule has 0 aromatic heterocycles. The molecule has 0 N–H and O–H groups in total. The summed E-state index contributed by atoms with van der Waals surface area (Å²) in [6, 6.07) is 25.9. The predicted octanol–water partition coefficient (Wildman–Crippen LogP) is 5.46. The Labute approximate surface area is 145 Å². The fourth-order valence-corrected chi connectivity index (χ4v) is 3.05. The highest BCUT2D eigenvalue weighted by Crippen LogP contribution is 2.19. The normalized spacial score (nSPS) is 11.6. The van der Waals surface area contributed by atoms with Crippen LogP contribution < -0.4 is 0 Å². The Hall–Kier alpha value is -2.38. The molecule has 0 unspecified atom stereocenters. The molecule has 0 aliphatic carbocycles. The third-order valence-electron chi connectivity index (χ3n) is 4.35. The summed E-state index contributed by atoms with van der Waals surface area (Å²) >= 11 is 0. The summed E-state index contributed by atoms with van der Waals surface area (Å²) < 4.78 is 0. The first-order valence-corrected chi connectivity index (χ1v) is 8.67. The largest absolute Gasteiger partial charge is 0.298 e. The van der Waals surface area contributed by atoms with Gasteiger partial charge >= 0.3 is 0 Å². The second-order valence-electron chi connectivity index (χ2n) is 6.33. The van der Waals surface area contributed by atoms with Crippen molar-refractivity contribution in [3.05, 3.63) is 96.1 Å². The average Bonchev–Trinajstić information content (AvgIpc) is 2.63. The molecule has 3 aromatic rings. The zero-order chi connectivity index (χ0) is 16.6. The molecule has 122 valence electrons. The molecule has 0 saturated heterocycles. The van der Waals surface area contributed by atoms with Gasteiger partial charge in [-0.05, 0) is 41.8 Å². The van der Waals surface area contributed by atoms with E-state index in [9.17, 15) is 0 Å². The molecule has 1 nitrogen and oxygen atoms in total. The molecule has 3 rings (SSSR count). The van der Waals surface area contributed by atoms with E-state index in [0.29, 0.717) is 0 Å². The number of aryl methyl sites for hydroxylation is 1. The molecule has 0 spiro atoms. The summed E-state index contributed by atoms with van der Waals surface area (Å²) in [5, 5.41) is 2.68. The van der Waals surface area contributed by atoms with E-state index in [-0.39, 0.29) is 0 Å². The molecule has 0 amide bonds. The molecule has 0 bridgehead atoms. The van der Waals surface area contributed by atoms with Crippen molar-refractivity contribution in [3.8, 4) is 0 Å². The number of likely N-dealkylation sites (N-methyl/N-ethyl adjacent to an activating group) is 1. The molecule has 0 aliphatic rings. The first-order chi connectivity index (χ1) is 11.8. The Morgan fingerprint density at radius 2 is 1.54 bits per heavy atom. The zero-order valence-corrected chi connectivity index (χ0v) is 14.4. The Bertz CT molecular complexity index is 784. The van der Waals surface area contributed by atoms with Crippen LogP contribution in [0.25, 0.3) is 10.8 Å². The Morgan fingerprint density at radius 3 is 2.42 bits per heavy atom. The first kappa shape index (κ1) is 16.5. The number of rotatable bonds is 7. The highest BCUT2D eigenvalue weighted by atomic mass is 15.1. The van der Waals surface area contributed by atoms with Gasteiger partial charge in [-0.3, -0.25) is 4.90 Å². The van der Waals surface area contributed by atoms with E-state index in [2.05, 4.69) is 96.9 Å². The Kier molecular flexibility index (Phi) is 5.81. The maximum Gasteiger partial charge on any atom is 0.0240 e. The first-order valence-electron chi connectivity index (χ1n) is 8.67. The quantitative estimate of drug-likeness (QED) is 0.523. The summed E-state index contributed by atoms with van der Waals surface area (Å²) in [7, 11) is 2.18. The fourth-order valence-electron chi connectivity index (χ4n) is 3.05. The average molecular weight is 315 g/mol. The predicted molar refractivity (Wildman–Crippen MR) is 104 cm³/mol. The number of hydrogen-bond donors (Lipinski definition) is 0. The van der Waals surface area contributed by atoms with Gasteiger partial charge in [-0.1, -0.05) is 84.9 Å². The molecule has 0 saturated carbocycles. The minimum Gasteiger partial charge on any atom is -0.298 e. The summed E-state index contributed by atoms with van der Waals surface area (Å²) in [6.07, 6.45) is 6.80. The van der Waals surface area contributed by atoms with Crippen molar-refractivity contribution in [3.63, 3.8) is 0 Å². The van der Waals surface area contributed by atoms with Gasteiger partial charge in [-0.25, -0.2) is 0 Å². The number of fused-ring (bicyclic) bond motifs is 1. The van der Waals surface area contributed by atoms with E-state index < -0.39 is 0 Å². The molecule has 1 heteroatoms. The molecule has 0 atom stereocenters. The third-order valence-corrected chi connectivity index (χ3v) is 4.35. The van der Waals surface area contributed by atoms with E-state index in [1.54, 1.807) is 0 Å². The summed E-state index contributed by atoms with van der Waals surface area (Å²) in [5.41, 5.74) is 2.81. The number of nitrogens with zero attached hydrogens (tertiary/aromatic N) is 1. The van der Waals surface area contributed by atoms with Gasteiger partial charge in [0, 0.05) is 13.1 Å². The second kappa shape index (κ2) is 8.47. The highest BCUT2D eigenvalue weighted by molar-refractivity contribution is 5.85. The lowest BCUT2D eigenvalue weighted by Gasteiger charge is -2.16. The SMILES string of the molecule is CN(C/C=C/CCc1ccccc1)Cc1cccc2ccccc12. The van der Waals surface area contributed by atoms with Crippen LogP contribution in [-0.4, -0.2) is 18.5 Å². The number of allylic oxidation sites excluding steroid dienone is 1. The van der Waals surface area contributed by atoms with Gasteiger partial charge in [-0.15, -0.1) is 0 Å². The highest BCUT2D eigenvalue weighted by Gasteiger charge is 2.03.